The molecular weight excluding hydrogens is 677 g/mol. The van der Waals surface area contributed by atoms with Crippen LogP contribution in [0.1, 0.15) is 21.1 Å². The number of azo groups is 1. The Bertz CT molecular complexity index is 2030. The van der Waals surface area contributed by atoms with E-state index in [1.807, 2.05) is 0 Å². The summed E-state index contributed by atoms with van der Waals surface area (Å²) in [5, 5.41) is 9.50. The van der Waals surface area contributed by atoms with Crippen molar-refractivity contribution >= 4 is 30.4 Å². The molecule has 0 bridgehead atoms. The Hall–Kier alpha value is -0.900. The van der Waals surface area contributed by atoms with Gasteiger partial charge in [0.15, 0.2) is 0 Å². The van der Waals surface area contributed by atoms with Gasteiger partial charge in [-0.3, -0.25) is 18.6 Å². The van der Waals surface area contributed by atoms with Gasteiger partial charge >= 0.3 is 114 Å². The molecule has 45 heavy (non-hydrogen) atoms. The van der Waals surface area contributed by atoms with Gasteiger partial charge in [-0.05, 0) is 28.8 Å². The summed E-state index contributed by atoms with van der Waals surface area (Å²) in [6.07, 6.45) is 1.15. The molecule has 3 atom stereocenters. The maximum Gasteiger partial charge on any atom is 1.00 e. The number of hydrogen-bond donors (Lipinski definition) is 4. The molecular formula is C26H25N4Na3O9S3. The number of rotatable bonds is 7. The Morgan fingerprint density at radius 3 is 1.53 bits per heavy atom. The molecule has 13 nitrogen and oxygen atoms in total. The molecule has 0 aliphatic carbocycles. The minimum Gasteiger partial charge on any atom is -1.00 e. The zero-order chi connectivity index (χ0) is 30.4. The van der Waals surface area contributed by atoms with Crippen molar-refractivity contribution in [3.05, 3.63) is 126 Å². The predicted molar refractivity (Wildman–Crippen MR) is 154 cm³/mol. The summed E-state index contributed by atoms with van der Waals surface area (Å²) in [6.45, 7) is 0. The molecule has 2 heterocycles. The fourth-order valence-corrected chi connectivity index (χ4v) is 8.81. The second-order valence-corrected chi connectivity index (χ2v) is 13.9. The Morgan fingerprint density at radius 1 is 0.578 bits per heavy atom. The summed E-state index contributed by atoms with van der Waals surface area (Å²) in [5.41, 5.74) is -0.788. The summed E-state index contributed by atoms with van der Waals surface area (Å²) < 4.78 is 113. The van der Waals surface area contributed by atoms with Gasteiger partial charge in [-0.15, -0.1) is 5.11 Å². The average Bonchev–Trinajstić information content (AvgIpc) is 2.96. The maximum absolute atomic E-state index is 13.6. The SMILES string of the molecule is O=S(=O)(O)C1(c2cc(-c3ccccc3)ccn2)N=NC(c2ccccc2)(S(=O)(=O)O)C(c2ccccc2)(S(=O)(=O)O)N1.[H-].[H-].[H-].[Na+].[Na+].[Na+]. The van der Waals surface area contributed by atoms with Crippen LogP contribution in [0.4, 0.5) is 0 Å². The fourth-order valence-electron chi connectivity index (χ4n) is 4.99. The first-order valence-corrected chi connectivity index (χ1v) is 16.3. The Morgan fingerprint density at radius 2 is 1.07 bits per heavy atom. The van der Waals surface area contributed by atoms with Crippen molar-refractivity contribution < 1.29 is 132 Å². The van der Waals surface area contributed by atoms with Gasteiger partial charge in [0.1, 0.15) is 5.69 Å². The van der Waals surface area contributed by atoms with E-state index in [1.165, 1.54) is 42.5 Å². The van der Waals surface area contributed by atoms with E-state index in [9.17, 15) is 38.9 Å². The van der Waals surface area contributed by atoms with Crippen molar-refractivity contribution in [1.82, 2.24) is 10.3 Å². The van der Waals surface area contributed by atoms with Gasteiger partial charge in [-0.1, -0.05) is 91.0 Å². The summed E-state index contributed by atoms with van der Waals surface area (Å²) >= 11 is 0. The molecule has 3 aromatic carbocycles. The third-order valence-electron chi connectivity index (χ3n) is 6.85. The molecule has 3 unspecified atom stereocenters. The smallest absolute Gasteiger partial charge is 1.00 e. The van der Waals surface area contributed by atoms with Crippen LogP contribution in [0.2, 0.25) is 0 Å². The van der Waals surface area contributed by atoms with Crippen LogP contribution in [0.5, 0.6) is 0 Å². The van der Waals surface area contributed by atoms with Crippen LogP contribution in [0.15, 0.2) is 120 Å². The van der Waals surface area contributed by atoms with Crippen molar-refractivity contribution in [3.8, 4) is 11.1 Å². The maximum atomic E-state index is 13.6. The van der Waals surface area contributed by atoms with E-state index in [1.54, 1.807) is 30.3 Å². The van der Waals surface area contributed by atoms with Crippen LogP contribution in [0.3, 0.4) is 0 Å². The first-order chi connectivity index (χ1) is 19.7. The van der Waals surface area contributed by atoms with E-state index in [0.29, 0.717) is 11.1 Å². The molecule has 0 saturated carbocycles. The van der Waals surface area contributed by atoms with Gasteiger partial charge in [0.25, 0.3) is 15.0 Å². The molecule has 224 valence electrons. The van der Waals surface area contributed by atoms with Gasteiger partial charge in [-0.2, -0.15) is 30.4 Å². The third-order valence-corrected chi connectivity index (χ3v) is 10.9. The molecule has 4 aromatic rings. The molecule has 0 amide bonds. The molecule has 1 aliphatic heterocycles. The van der Waals surface area contributed by atoms with E-state index in [0.717, 1.165) is 36.5 Å². The largest absolute Gasteiger partial charge is 1.00 e. The average molecular weight is 703 g/mol. The molecule has 0 fully saturated rings. The standard InChI is InChI=1S/C26H22N4O9S3.3Na.3H/c31-40(32,33)24(21-12-6-2-7-13-21)25(41(34,35)36,22-14-8-3-9-15-22)29-30-26(28-24,42(37,38)39)23-18-20(16-17-27-23)19-10-4-1-5-11-19;;;;;;/h1-18,28H,(H,31,32,33)(H,34,35,36)(H,37,38,39);;;;;;/q;3*+1;3*-1. The molecule has 1 aliphatic rings. The number of nitrogens with one attached hydrogen (secondary N) is 1. The van der Waals surface area contributed by atoms with E-state index in [4.69, 9.17) is 0 Å². The normalized spacial score (nSPS) is 23.1. The minimum atomic E-state index is -5.89. The number of hydrogen-bond acceptors (Lipinski definition) is 10. The first kappa shape index (κ1) is 40.3. The van der Waals surface area contributed by atoms with Crippen molar-refractivity contribution in [1.29, 1.82) is 0 Å². The predicted octanol–water partition coefficient (Wildman–Crippen LogP) is -5.37. The van der Waals surface area contributed by atoms with Crippen LogP contribution in [0.25, 0.3) is 11.1 Å². The summed E-state index contributed by atoms with van der Waals surface area (Å²) in [6, 6.07) is 23.5. The van der Waals surface area contributed by atoms with Gasteiger partial charge < -0.3 is 4.28 Å². The van der Waals surface area contributed by atoms with Crippen LogP contribution in [0, 0.1) is 0 Å². The van der Waals surface area contributed by atoms with Crippen LogP contribution in [-0.2, 0) is 45.1 Å². The number of pyridine rings is 1. The van der Waals surface area contributed by atoms with Gasteiger partial charge in [-0.25, -0.2) is 5.32 Å². The van der Waals surface area contributed by atoms with Gasteiger partial charge in [0, 0.05) is 11.8 Å². The summed E-state index contributed by atoms with van der Waals surface area (Å²) in [4.78, 5) is -6.29. The minimum absolute atomic E-state index is 0. The Kier molecular flexibility index (Phi) is 13.2. The van der Waals surface area contributed by atoms with Gasteiger partial charge in [0.2, 0.25) is 4.87 Å². The van der Waals surface area contributed by atoms with Crippen LogP contribution < -0.4 is 94.0 Å². The number of nitrogens with zero attached hydrogens (tertiary/aromatic N) is 3. The van der Waals surface area contributed by atoms with Crippen molar-refractivity contribution in [2.24, 2.45) is 10.2 Å². The molecule has 0 radical (unpaired) electrons. The zero-order valence-corrected chi connectivity index (χ0v) is 32.7. The molecule has 0 spiro atoms. The van der Waals surface area contributed by atoms with Crippen molar-refractivity contribution in [2.75, 3.05) is 0 Å². The molecule has 19 heteroatoms. The second kappa shape index (κ2) is 14.7. The summed E-state index contributed by atoms with van der Waals surface area (Å²) in [7, 11) is -17.3. The topological polar surface area (TPSA) is 213 Å². The van der Waals surface area contributed by atoms with E-state index in [-0.39, 0.29) is 93.0 Å². The van der Waals surface area contributed by atoms with E-state index < -0.39 is 61.9 Å². The van der Waals surface area contributed by atoms with E-state index >= 15 is 0 Å². The second-order valence-electron chi connectivity index (χ2n) is 9.25. The first-order valence-electron chi connectivity index (χ1n) is 12.0. The number of benzene rings is 3. The third kappa shape index (κ3) is 6.72. The molecule has 0 saturated heterocycles. The monoisotopic (exact) mass is 702 g/mol. The van der Waals surface area contributed by atoms with Crippen LogP contribution >= 0.6 is 0 Å². The zero-order valence-electron chi connectivity index (χ0n) is 27.2. The van der Waals surface area contributed by atoms with Crippen molar-refractivity contribution in [3.63, 3.8) is 0 Å². The quantitative estimate of drug-likeness (QED) is 0.105. The Labute approximate surface area is 330 Å². The summed E-state index contributed by atoms with van der Waals surface area (Å²) in [5.74, 6) is 0. The molecule has 1 aromatic heterocycles. The van der Waals surface area contributed by atoms with E-state index in [2.05, 4.69) is 20.5 Å². The molecule has 5 rings (SSSR count). The molecule has 4 N–H and O–H groups in total. The van der Waals surface area contributed by atoms with Crippen molar-refractivity contribution in [2.45, 2.75) is 14.7 Å². The Balaban J connectivity index is 0. The van der Waals surface area contributed by atoms with Gasteiger partial charge in [0.05, 0.1) is 0 Å². The number of aromatic nitrogens is 1. The van der Waals surface area contributed by atoms with Crippen LogP contribution in [-0.4, -0.2) is 43.9 Å². The fraction of sp³-hybridized carbons (Fsp3) is 0.115.